The fraction of sp³-hybridized carbons (Fsp3) is 0.650. The highest BCUT2D eigenvalue weighted by atomic mass is 16.7. The minimum Gasteiger partial charge on any atom is -0.454 e. The molecule has 150 valence electrons. The summed E-state index contributed by atoms with van der Waals surface area (Å²) in [7, 11) is 2.07. The Labute approximate surface area is 162 Å². The van der Waals surface area contributed by atoms with E-state index in [0.717, 1.165) is 69.9 Å². The molecule has 1 fully saturated rings. The van der Waals surface area contributed by atoms with Crippen molar-refractivity contribution in [2.45, 2.75) is 20.4 Å². The van der Waals surface area contributed by atoms with E-state index < -0.39 is 0 Å². The standard InChI is InChI=1S/C20H32N4O3/c1-4-21-20(22-12-16(2)13-24-7-9-25-10-8-24)23(3)14-17-5-6-18-19(11-17)27-15-26-18/h5-6,11,16H,4,7-10,12-15H2,1-3H3,(H,21,22). The van der Waals surface area contributed by atoms with Crippen molar-refractivity contribution in [1.29, 1.82) is 0 Å². The molecule has 0 amide bonds. The Kier molecular flexibility index (Phi) is 7.18. The minimum absolute atomic E-state index is 0.305. The Morgan fingerprint density at radius 2 is 2.04 bits per heavy atom. The average molecular weight is 377 g/mol. The van der Waals surface area contributed by atoms with Crippen molar-refractivity contribution in [2.75, 3.05) is 59.8 Å². The number of nitrogens with one attached hydrogen (secondary N) is 1. The smallest absolute Gasteiger partial charge is 0.231 e. The van der Waals surface area contributed by atoms with E-state index in [1.165, 1.54) is 5.56 Å². The van der Waals surface area contributed by atoms with Crippen molar-refractivity contribution in [1.82, 2.24) is 15.1 Å². The molecule has 1 saturated heterocycles. The average Bonchev–Trinajstić information content (AvgIpc) is 3.13. The maximum Gasteiger partial charge on any atom is 0.231 e. The molecule has 7 heteroatoms. The van der Waals surface area contributed by atoms with Gasteiger partial charge in [-0.15, -0.1) is 0 Å². The molecule has 7 nitrogen and oxygen atoms in total. The highest BCUT2D eigenvalue weighted by molar-refractivity contribution is 5.79. The molecular weight excluding hydrogens is 344 g/mol. The lowest BCUT2D eigenvalue weighted by atomic mass is 10.1. The van der Waals surface area contributed by atoms with Crippen LogP contribution < -0.4 is 14.8 Å². The Bertz CT molecular complexity index is 632. The van der Waals surface area contributed by atoms with Gasteiger partial charge in [0, 0.05) is 46.3 Å². The maximum absolute atomic E-state index is 5.48. The Morgan fingerprint density at radius 1 is 1.26 bits per heavy atom. The molecule has 0 saturated carbocycles. The molecule has 2 heterocycles. The number of nitrogens with zero attached hydrogens (tertiary/aromatic N) is 3. The highest BCUT2D eigenvalue weighted by Crippen LogP contribution is 2.32. The fourth-order valence-corrected chi connectivity index (χ4v) is 3.38. The lowest BCUT2D eigenvalue weighted by Gasteiger charge is -2.29. The molecule has 0 radical (unpaired) electrons. The summed E-state index contributed by atoms with van der Waals surface area (Å²) in [5.41, 5.74) is 1.17. The zero-order valence-corrected chi connectivity index (χ0v) is 16.7. The number of aliphatic imine (C=N–C) groups is 1. The number of ether oxygens (including phenoxy) is 3. The maximum atomic E-state index is 5.48. The molecule has 1 aromatic rings. The second-order valence-electron chi connectivity index (χ2n) is 7.26. The molecule has 0 bridgehead atoms. The Hall–Kier alpha value is -1.99. The van der Waals surface area contributed by atoms with Crippen LogP contribution in [0.25, 0.3) is 0 Å². The van der Waals surface area contributed by atoms with Crippen molar-refractivity contribution in [2.24, 2.45) is 10.9 Å². The van der Waals surface area contributed by atoms with Crippen LogP contribution in [-0.2, 0) is 11.3 Å². The van der Waals surface area contributed by atoms with Crippen molar-refractivity contribution in [3.05, 3.63) is 23.8 Å². The number of guanidine groups is 1. The van der Waals surface area contributed by atoms with Crippen LogP contribution in [0.5, 0.6) is 11.5 Å². The summed E-state index contributed by atoms with van der Waals surface area (Å²) in [5.74, 6) is 3.08. The summed E-state index contributed by atoms with van der Waals surface area (Å²) >= 11 is 0. The van der Waals surface area contributed by atoms with Gasteiger partial charge in [0.05, 0.1) is 13.2 Å². The van der Waals surface area contributed by atoms with Crippen molar-refractivity contribution in [3.63, 3.8) is 0 Å². The zero-order valence-electron chi connectivity index (χ0n) is 16.7. The van der Waals surface area contributed by atoms with E-state index in [1.807, 2.05) is 12.1 Å². The summed E-state index contributed by atoms with van der Waals surface area (Å²) in [6.07, 6.45) is 0. The molecule has 1 atom stereocenters. The third kappa shape index (κ3) is 5.74. The molecule has 2 aliphatic rings. The first-order valence-electron chi connectivity index (χ1n) is 9.83. The van der Waals surface area contributed by atoms with Crippen LogP contribution in [0.2, 0.25) is 0 Å². The van der Waals surface area contributed by atoms with Crippen LogP contribution in [0.4, 0.5) is 0 Å². The normalized spacial score (nSPS) is 18.4. The molecule has 2 aliphatic heterocycles. The second-order valence-corrected chi connectivity index (χ2v) is 7.26. The Balaban J connectivity index is 1.55. The van der Waals surface area contributed by atoms with E-state index >= 15 is 0 Å². The molecule has 1 unspecified atom stereocenters. The number of morpholine rings is 1. The van der Waals surface area contributed by atoms with Gasteiger partial charge in [0.25, 0.3) is 0 Å². The van der Waals surface area contributed by atoms with Crippen LogP contribution in [-0.4, -0.2) is 75.5 Å². The molecule has 0 aliphatic carbocycles. The summed E-state index contributed by atoms with van der Waals surface area (Å²) < 4.78 is 16.3. The van der Waals surface area contributed by atoms with Gasteiger partial charge in [0.1, 0.15) is 0 Å². The summed E-state index contributed by atoms with van der Waals surface area (Å²) in [5, 5.41) is 3.40. The molecule has 0 aromatic heterocycles. The molecule has 1 aromatic carbocycles. The molecule has 0 spiro atoms. The van der Waals surface area contributed by atoms with Crippen molar-refractivity contribution >= 4 is 5.96 Å². The minimum atomic E-state index is 0.305. The molecule has 1 N–H and O–H groups in total. The van der Waals surface area contributed by atoms with Crippen molar-refractivity contribution in [3.8, 4) is 11.5 Å². The predicted molar refractivity (Wildman–Crippen MR) is 106 cm³/mol. The van der Waals surface area contributed by atoms with Gasteiger partial charge in [0.15, 0.2) is 17.5 Å². The van der Waals surface area contributed by atoms with Gasteiger partial charge < -0.3 is 24.4 Å². The van der Waals surface area contributed by atoms with E-state index in [9.17, 15) is 0 Å². The number of rotatable bonds is 7. The summed E-state index contributed by atoms with van der Waals surface area (Å²) in [4.78, 5) is 9.49. The number of fused-ring (bicyclic) bond motifs is 1. The Morgan fingerprint density at radius 3 is 2.81 bits per heavy atom. The summed E-state index contributed by atoms with van der Waals surface area (Å²) in [6.45, 7) is 11.9. The third-order valence-corrected chi connectivity index (χ3v) is 4.78. The number of benzene rings is 1. The fourth-order valence-electron chi connectivity index (χ4n) is 3.38. The predicted octanol–water partition coefficient (Wildman–Crippen LogP) is 1.78. The topological polar surface area (TPSA) is 58.6 Å². The third-order valence-electron chi connectivity index (χ3n) is 4.78. The van der Waals surface area contributed by atoms with Crippen LogP contribution in [0.15, 0.2) is 23.2 Å². The first-order valence-corrected chi connectivity index (χ1v) is 9.83. The van der Waals surface area contributed by atoms with Gasteiger partial charge in [-0.2, -0.15) is 0 Å². The van der Waals surface area contributed by atoms with E-state index in [-0.39, 0.29) is 0 Å². The van der Waals surface area contributed by atoms with Gasteiger partial charge in [-0.05, 0) is 30.5 Å². The largest absolute Gasteiger partial charge is 0.454 e. The first kappa shape index (κ1) is 19.8. The van der Waals surface area contributed by atoms with Gasteiger partial charge in [-0.1, -0.05) is 13.0 Å². The number of hydrogen-bond donors (Lipinski definition) is 1. The lowest BCUT2D eigenvalue weighted by molar-refractivity contribution is 0.0323. The van der Waals surface area contributed by atoms with E-state index in [2.05, 4.69) is 42.1 Å². The molecule has 3 rings (SSSR count). The SMILES string of the molecule is CCNC(=NCC(C)CN1CCOCC1)N(C)Cc1ccc2c(c1)OCO2. The van der Waals surface area contributed by atoms with E-state index in [4.69, 9.17) is 19.2 Å². The molecular formula is C20H32N4O3. The quantitative estimate of drug-likeness (QED) is 0.578. The lowest BCUT2D eigenvalue weighted by Crippen LogP contribution is -2.40. The second kappa shape index (κ2) is 9.80. The van der Waals surface area contributed by atoms with Gasteiger partial charge >= 0.3 is 0 Å². The molecule has 27 heavy (non-hydrogen) atoms. The van der Waals surface area contributed by atoms with E-state index in [0.29, 0.717) is 12.7 Å². The zero-order chi connectivity index (χ0) is 19.1. The highest BCUT2D eigenvalue weighted by Gasteiger charge is 2.16. The van der Waals surface area contributed by atoms with Gasteiger partial charge in [-0.25, -0.2) is 0 Å². The van der Waals surface area contributed by atoms with Crippen LogP contribution in [0.3, 0.4) is 0 Å². The van der Waals surface area contributed by atoms with Crippen LogP contribution in [0.1, 0.15) is 19.4 Å². The van der Waals surface area contributed by atoms with Crippen molar-refractivity contribution < 1.29 is 14.2 Å². The van der Waals surface area contributed by atoms with Gasteiger partial charge in [-0.3, -0.25) is 9.89 Å². The van der Waals surface area contributed by atoms with Gasteiger partial charge in [0.2, 0.25) is 6.79 Å². The first-order chi connectivity index (χ1) is 13.2. The van der Waals surface area contributed by atoms with E-state index in [1.54, 1.807) is 0 Å². The number of hydrogen-bond acceptors (Lipinski definition) is 5. The van der Waals surface area contributed by atoms with Crippen LogP contribution >= 0.6 is 0 Å². The van der Waals surface area contributed by atoms with Crippen LogP contribution in [0, 0.1) is 5.92 Å². The monoisotopic (exact) mass is 376 g/mol. The summed E-state index contributed by atoms with van der Waals surface area (Å²) in [6, 6.07) is 6.10.